The van der Waals surface area contributed by atoms with Gasteiger partial charge in [-0.1, -0.05) is 25.1 Å². The Balaban J connectivity index is 1.54. The van der Waals surface area contributed by atoms with Gasteiger partial charge in [0.05, 0.1) is 12.2 Å². The third-order valence-electron chi connectivity index (χ3n) is 5.84. The van der Waals surface area contributed by atoms with Gasteiger partial charge in [-0.2, -0.15) is 5.10 Å². The molecule has 1 amide bonds. The van der Waals surface area contributed by atoms with Gasteiger partial charge >= 0.3 is 0 Å². The number of anilines is 1. The number of benzene rings is 2. The number of aromatic nitrogens is 2. The van der Waals surface area contributed by atoms with Crippen LogP contribution in [-0.4, -0.2) is 28.8 Å². The minimum atomic E-state index is -0.00543. The summed E-state index contributed by atoms with van der Waals surface area (Å²) >= 11 is 0. The molecule has 0 spiro atoms. The van der Waals surface area contributed by atoms with Gasteiger partial charge < -0.3 is 10.6 Å². The van der Waals surface area contributed by atoms with Crippen LogP contribution >= 0.6 is 0 Å². The molecule has 5 nitrogen and oxygen atoms in total. The zero-order chi connectivity index (χ0) is 17.7. The van der Waals surface area contributed by atoms with Gasteiger partial charge in [-0.15, -0.1) is 0 Å². The largest absolute Gasteiger partial charge is 0.321 e. The molecule has 1 aromatic heterocycles. The molecule has 26 heavy (non-hydrogen) atoms. The van der Waals surface area contributed by atoms with Crippen LogP contribution in [0.4, 0.5) is 5.69 Å². The minimum absolute atomic E-state index is 0.00543. The molecule has 0 radical (unpaired) electrons. The second kappa shape index (κ2) is 5.95. The van der Waals surface area contributed by atoms with E-state index in [2.05, 4.69) is 45.7 Å². The fourth-order valence-electron chi connectivity index (χ4n) is 4.32. The molecule has 2 aliphatic heterocycles. The van der Waals surface area contributed by atoms with Crippen LogP contribution in [0.5, 0.6) is 0 Å². The normalized spacial score (nSPS) is 18.3. The van der Waals surface area contributed by atoms with Crippen LogP contribution in [0.2, 0.25) is 0 Å². The lowest BCUT2D eigenvalue weighted by Gasteiger charge is -2.23. The monoisotopic (exact) mass is 346 g/mol. The lowest BCUT2D eigenvalue weighted by atomic mass is 9.90. The van der Waals surface area contributed by atoms with E-state index in [9.17, 15) is 4.79 Å². The predicted octanol–water partition coefficient (Wildman–Crippen LogP) is 3.68. The van der Waals surface area contributed by atoms with E-state index in [1.807, 2.05) is 24.4 Å². The number of nitrogens with one attached hydrogen (secondary N) is 2. The molecule has 1 unspecified atom stereocenters. The van der Waals surface area contributed by atoms with Gasteiger partial charge in [0.2, 0.25) is 0 Å². The summed E-state index contributed by atoms with van der Waals surface area (Å²) in [6, 6.07) is 10.6. The molecule has 0 bridgehead atoms. The van der Waals surface area contributed by atoms with E-state index >= 15 is 0 Å². The molecule has 1 saturated heterocycles. The van der Waals surface area contributed by atoms with Crippen molar-refractivity contribution in [2.75, 3.05) is 18.4 Å². The highest BCUT2D eigenvalue weighted by molar-refractivity contribution is 6.24. The Bertz CT molecular complexity index is 1000. The molecule has 5 rings (SSSR count). The molecule has 3 aromatic rings. The summed E-state index contributed by atoms with van der Waals surface area (Å²) in [6.07, 6.45) is 6.46. The van der Waals surface area contributed by atoms with E-state index in [0.29, 0.717) is 6.04 Å². The molecular weight excluding hydrogens is 324 g/mol. The third-order valence-corrected chi connectivity index (χ3v) is 5.84. The van der Waals surface area contributed by atoms with Crippen molar-refractivity contribution in [3.63, 3.8) is 0 Å². The Morgan fingerprint density at radius 2 is 2.04 bits per heavy atom. The van der Waals surface area contributed by atoms with Crippen LogP contribution in [0.3, 0.4) is 0 Å². The first-order valence-corrected chi connectivity index (χ1v) is 9.34. The number of amides is 1. The van der Waals surface area contributed by atoms with Crippen molar-refractivity contribution < 1.29 is 4.79 Å². The van der Waals surface area contributed by atoms with Gasteiger partial charge in [-0.05, 0) is 54.6 Å². The molecule has 5 heteroatoms. The first-order valence-electron chi connectivity index (χ1n) is 9.34. The molecule has 132 valence electrons. The molecule has 2 N–H and O–H groups in total. The lowest BCUT2D eigenvalue weighted by molar-refractivity contribution is 0.103. The molecule has 1 atom stereocenters. The Hall–Kier alpha value is -2.66. The summed E-state index contributed by atoms with van der Waals surface area (Å²) in [4.78, 5) is 12.1. The van der Waals surface area contributed by atoms with Crippen molar-refractivity contribution in [3.05, 3.63) is 59.4 Å². The van der Waals surface area contributed by atoms with Crippen molar-refractivity contribution in [2.24, 2.45) is 0 Å². The van der Waals surface area contributed by atoms with Gasteiger partial charge in [0.15, 0.2) is 0 Å². The van der Waals surface area contributed by atoms with Crippen LogP contribution in [0.25, 0.3) is 10.8 Å². The highest BCUT2D eigenvalue weighted by atomic mass is 16.1. The fraction of sp³-hybridized carbons (Fsp3) is 0.333. The van der Waals surface area contributed by atoms with Crippen LogP contribution < -0.4 is 10.6 Å². The van der Waals surface area contributed by atoms with Crippen LogP contribution in [-0.2, 0) is 0 Å². The maximum atomic E-state index is 12.1. The maximum Gasteiger partial charge on any atom is 0.256 e. The number of carbonyl (C=O) groups is 1. The molecule has 2 aromatic carbocycles. The summed E-state index contributed by atoms with van der Waals surface area (Å²) in [7, 11) is 0. The molecule has 2 aliphatic rings. The Morgan fingerprint density at radius 1 is 1.19 bits per heavy atom. The van der Waals surface area contributed by atoms with Crippen molar-refractivity contribution in [2.45, 2.75) is 31.7 Å². The number of piperidine rings is 1. The van der Waals surface area contributed by atoms with E-state index in [4.69, 9.17) is 0 Å². The zero-order valence-corrected chi connectivity index (χ0v) is 14.8. The SMILES string of the molecule is CC(c1cnn(C2CCNCC2)c1)c1ccc2c3c(cccc13)C(=O)N2. The zero-order valence-electron chi connectivity index (χ0n) is 14.8. The van der Waals surface area contributed by atoms with Gasteiger partial charge in [-0.25, -0.2) is 0 Å². The Kier molecular flexibility index (Phi) is 3.57. The van der Waals surface area contributed by atoms with Gasteiger partial charge in [0.25, 0.3) is 5.91 Å². The highest BCUT2D eigenvalue weighted by Gasteiger charge is 2.24. The fourth-order valence-corrected chi connectivity index (χ4v) is 4.32. The van der Waals surface area contributed by atoms with Crippen LogP contribution in [0.1, 0.15) is 53.2 Å². The number of hydrogen-bond acceptors (Lipinski definition) is 3. The lowest BCUT2D eigenvalue weighted by Crippen LogP contribution is -2.29. The van der Waals surface area contributed by atoms with E-state index in [1.165, 1.54) is 11.1 Å². The molecule has 1 fully saturated rings. The first kappa shape index (κ1) is 15.6. The van der Waals surface area contributed by atoms with Crippen molar-refractivity contribution in [1.82, 2.24) is 15.1 Å². The highest BCUT2D eigenvalue weighted by Crippen LogP contribution is 2.39. The van der Waals surface area contributed by atoms with E-state index < -0.39 is 0 Å². The van der Waals surface area contributed by atoms with Gasteiger partial charge in [0.1, 0.15) is 0 Å². The quantitative estimate of drug-likeness (QED) is 0.761. The van der Waals surface area contributed by atoms with E-state index in [1.54, 1.807) is 0 Å². The van der Waals surface area contributed by atoms with Gasteiger partial charge in [0, 0.05) is 28.8 Å². The summed E-state index contributed by atoms with van der Waals surface area (Å²) < 4.78 is 2.14. The van der Waals surface area contributed by atoms with Crippen molar-refractivity contribution >= 4 is 22.4 Å². The second-order valence-electron chi connectivity index (χ2n) is 7.34. The smallest absolute Gasteiger partial charge is 0.256 e. The standard InChI is InChI=1S/C21H22N4O/c1-13(14-11-23-25(12-14)15-7-9-22-10-8-15)16-5-6-19-20-17(16)3-2-4-18(20)21(26)24-19/h2-6,11-13,15,22H,7-10H2,1H3,(H,24,26). The number of rotatable bonds is 3. The molecule has 3 heterocycles. The Labute approximate surface area is 152 Å². The van der Waals surface area contributed by atoms with Crippen molar-refractivity contribution in [3.8, 4) is 0 Å². The van der Waals surface area contributed by atoms with Crippen LogP contribution in [0, 0.1) is 0 Å². The Morgan fingerprint density at radius 3 is 2.88 bits per heavy atom. The molecule has 0 saturated carbocycles. The number of carbonyl (C=O) groups excluding carboxylic acids is 1. The molecule has 0 aliphatic carbocycles. The van der Waals surface area contributed by atoms with Gasteiger partial charge in [-0.3, -0.25) is 9.48 Å². The second-order valence-corrected chi connectivity index (χ2v) is 7.34. The minimum Gasteiger partial charge on any atom is -0.321 e. The summed E-state index contributed by atoms with van der Waals surface area (Å²) in [6.45, 7) is 4.34. The van der Waals surface area contributed by atoms with E-state index in [0.717, 1.165) is 48.0 Å². The number of nitrogens with zero attached hydrogens (tertiary/aromatic N) is 2. The maximum absolute atomic E-state index is 12.1. The van der Waals surface area contributed by atoms with Crippen LogP contribution in [0.15, 0.2) is 42.7 Å². The average molecular weight is 346 g/mol. The van der Waals surface area contributed by atoms with Crippen molar-refractivity contribution in [1.29, 1.82) is 0 Å². The summed E-state index contributed by atoms with van der Waals surface area (Å²) in [5, 5.41) is 13.2. The predicted molar refractivity (Wildman–Crippen MR) is 103 cm³/mol. The topological polar surface area (TPSA) is 59.0 Å². The first-order chi connectivity index (χ1) is 12.7. The summed E-state index contributed by atoms with van der Waals surface area (Å²) in [5.74, 6) is 0.222. The van der Waals surface area contributed by atoms with E-state index in [-0.39, 0.29) is 11.8 Å². The third kappa shape index (κ3) is 2.35. The average Bonchev–Trinajstić information content (AvgIpc) is 3.29. The summed E-state index contributed by atoms with van der Waals surface area (Å²) in [5.41, 5.74) is 4.16. The molecular formula is C21H22N4O. The number of hydrogen-bond donors (Lipinski definition) is 2.